The molecule has 0 fully saturated rings. The van der Waals surface area contributed by atoms with Crippen molar-refractivity contribution < 1.29 is 10.0 Å². The highest BCUT2D eigenvalue weighted by molar-refractivity contribution is 6.33. The molecule has 22 heavy (non-hydrogen) atoms. The van der Waals surface area contributed by atoms with Gasteiger partial charge in [0, 0.05) is 18.2 Å². The number of nitro benzene ring substituents is 1. The Morgan fingerprint density at radius 3 is 2.59 bits per heavy atom. The van der Waals surface area contributed by atoms with Gasteiger partial charge < -0.3 is 10.4 Å². The number of aliphatic hydroxyl groups excluding tert-OH is 1. The Morgan fingerprint density at radius 1 is 1.32 bits per heavy atom. The molecule has 0 saturated heterocycles. The third-order valence-corrected chi connectivity index (χ3v) is 3.74. The summed E-state index contributed by atoms with van der Waals surface area (Å²) in [6, 6.07) is 12.6. The summed E-state index contributed by atoms with van der Waals surface area (Å²) in [4.78, 5) is 10.5. The second kappa shape index (κ2) is 7.24. The fourth-order valence-corrected chi connectivity index (χ4v) is 2.52. The van der Waals surface area contributed by atoms with Crippen LogP contribution in [0.5, 0.6) is 0 Å². The first-order valence-electron chi connectivity index (χ1n) is 6.89. The first-order chi connectivity index (χ1) is 10.5. The van der Waals surface area contributed by atoms with Crippen LogP contribution in [-0.2, 0) is 0 Å². The maximum Gasteiger partial charge on any atom is 0.273 e. The van der Waals surface area contributed by atoms with Gasteiger partial charge in [0.05, 0.1) is 21.7 Å². The zero-order valence-corrected chi connectivity index (χ0v) is 12.9. The van der Waals surface area contributed by atoms with Crippen LogP contribution in [0.4, 0.5) is 11.4 Å². The molecule has 0 aliphatic carbocycles. The predicted octanol–water partition coefficient (Wildman–Crippen LogP) is 4.09. The zero-order valence-electron chi connectivity index (χ0n) is 12.1. The topological polar surface area (TPSA) is 75.4 Å². The molecule has 0 spiro atoms. The summed E-state index contributed by atoms with van der Waals surface area (Å²) in [5.74, 6) is 0. The van der Waals surface area contributed by atoms with Crippen molar-refractivity contribution in [2.75, 3.05) is 11.9 Å². The van der Waals surface area contributed by atoms with E-state index in [0.717, 1.165) is 5.56 Å². The smallest absolute Gasteiger partial charge is 0.273 e. The molecule has 0 bridgehead atoms. The number of hydrogen-bond donors (Lipinski definition) is 2. The minimum absolute atomic E-state index is 0.00558. The maximum atomic E-state index is 10.9. The normalized spacial score (nSPS) is 12.0. The van der Waals surface area contributed by atoms with E-state index in [4.69, 9.17) is 11.6 Å². The van der Waals surface area contributed by atoms with E-state index in [1.165, 1.54) is 6.07 Å². The molecular weight excluding hydrogens is 304 g/mol. The minimum Gasteiger partial charge on any atom is -0.396 e. The van der Waals surface area contributed by atoms with Gasteiger partial charge in [0.2, 0.25) is 0 Å². The largest absolute Gasteiger partial charge is 0.396 e. The van der Waals surface area contributed by atoms with Crippen molar-refractivity contribution in [1.82, 2.24) is 0 Å². The lowest BCUT2D eigenvalue weighted by Crippen LogP contribution is -2.13. The molecule has 6 heteroatoms. The summed E-state index contributed by atoms with van der Waals surface area (Å²) in [6.45, 7) is 1.69. The van der Waals surface area contributed by atoms with Gasteiger partial charge in [0.1, 0.15) is 0 Å². The average molecular weight is 321 g/mol. The molecule has 0 saturated carbocycles. The monoisotopic (exact) mass is 320 g/mol. The van der Waals surface area contributed by atoms with Crippen molar-refractivity contribution in [2.45, 2.75) is 19.4 Å². The SMILES string of the molecule is Cc1cc(N[C@@H](CCO)c2ccccc2)c(Cl)cc1[N+](=O)[O-]. The second-order valence-electron chi connectivity index (χ2n) is 5.00. The number of anilines is 1. The van der Waals surface area contributed by atoms with Crippen LogP contribution in [0, 0.1) is 17.0 Å². The van der Waals surface area contributed by atoms with E-state index in [0.29, 0.717) is 17.7 Å². The van der Waals surface area contributed by atoms with Crippen molar-refractivity contribution >= 4 is 23.0 Å². The molecule has 0 unspecified atom stereocenters. The van der Waals surface area contributed by atoms with E-state index in [1.54, 1.807) is 13.0 Å². The molecular formula is C16H17ClN2O3. The lowest BCUT2D eigenvalue weighted by molar-refractivity contribution is -0.385. The number of rotatable bonds is 6. The fourth-order valence-electron chi connectivity index (χ4n) is 2.30. The first-order valence-corrected chi connectivity index (χ1v) is 7.27. The summed E-state index contributed by atoms with van der Waals surface area (Å²) < 4.78 is 0. The van der Waals surface area contributed by atoms with E-state index in [-0.39, 0.29) is 23.4 Å². The highest BCUT2D eigenvalue weighted by atomic mass is 35.5. The van der Waals surface area contributed by atoms with Gasteiger partial charge in [0.15, 0.2) is 0 Å². The quantitative estimate of drug-likeness (QED) is 0.621. The van der Waals surface area contributed by atoms with Crippen LogP contribution >= 0.6 is 11.6 Å². The summed E-state index contributed by atoms with van der Waals surface area (Å²) in [6.07, 6.45) is 0.510. The molecule has 0 heterocycles. The number of benzene rings is 2. The lowest BCUT2D eigenvalue weighted by Gasteiger charge is -2.20. The molecule has 0 aliphatic heterocycles. The molecule has 2 rings (SSSR count). The van der Waals surface area contributed by atoms with Crippen LogP contribution in [0.3, 0.4) is 0 Å². The number of aliphatic hydroxyl groups is 1. The Bertz CT molecular complexity index is 662. The third kappa shape index (κ3) is 3.75. The molecule has 2 N–H and O–H groups in total. The Labute approximate surface area is 133 Å². The van der Waals surface area contributed by atoms with Gasteiger partial charge in [-0.25, -0.2) is 0 Å². The van der Waals surface area contributed by atoms with Gasteiger partial charge in [-0.15, -0.1) is 0 Å². The third-order valence-electron chi connectivity index (χ3n) is 3.43. The van der Waals surface area contributed by atoms with Crippen LogP contribution < -0.4 is 5.32 Å². The number of halogens is 1. The molecule has 0 aromatic heterocycles. The maximum absolute atomic E-state index is 10.9. The van der Waals surface area contributed by atoms with Crippen LogP contribution in [0.1, 0.15) is 23.6 Å². The average Bonchev–Trinajstić information content (AvgIpc) is 2.50. The van der Waals surface area contributed by atoms with E-state index >= 15 is 0 Å². The van der Waals surface area contributed by atoms with Crippen molar-refractivity contribution in [2.24, 2.45) is 0 Å². The second-order valence-corrected chi connectivity index (χ2v) is 5.40. The number of hydrogen-bond acceptors (Lipinski definition) is 4. The Kier molecular flexibility index (Phi) is 5.35. The zero-order chi connectivity index (χ0) is 16.1. The van der Waals surface area contributed by atoms with E-state index in [2.05, 4.69) is 5.32 Å². The summed E-state index contributed by atoms with van der Waals surface area (Å²) in [7, 11) is 0. The van der Waals surface area contributed by atoms with Gasteiger partial charge in [-0.1, -0.05) is 41.9 Å². The number of nitro groups is 1. The molecule has 2 aromatic rings. The van der Waals surface area contributed by atoms with E-state index in [1.807, 2.05) is 30.3 Å². The van der Waals surface area contributed by atoms with Gasteiger partial charge >= 0.3 is 0 Å². The minimum atomic E-state index is -0.451. The van der Waals surface area contributed by atoms with E-state index < -0.39 is 4.92 Å². The number of nitrogens with one attached hydrogen (secondary N) is 1. The van der Waals surface area contributed by atoms with Crippen molar-refractivity contribution in [1.29, 1.82) is 0 Å². The van der Waals surface area contributed by atoms with Crippen LogP contribution in [-0.4, -0.2) is 16.6 Å². The van der Waals surface area contributed by atoms with Gasteiger partial charge in [-0.2, -0.15) is 0 Å². The highest BCUT2D eigenvalue weighted by Crippen LogP contribution is 2.33. The summed E-state index contributed by atoms with van der Waals surface area (Å²) in [5, 5.41) is 23.7. The van der Waals surface area contributed by atoms with Crippen LogP contribution in [0.2, 0.25) is 5.02 Å². The first kappa shape index (κ1) is 16.3. The number of nitrogens with zero attached hydrogens (tertiary/aromatic N) is 1. The summed E-state index contributed by atoms with van der Waals surface area (Å²) >= 11 is 6.15. The van der Waals surface area contributed by atoms with Crippen molar-refractivity contribution in [3.8, 4) is 0 Å². The molecule has 116 valence electrons. The van der Waals surface area contributed by atoms with Crippen LogP contribution in [0.25, 0.3) is 0 Å². The number of aryl methyl sites for hydroxylation is 1. The van der Waals surface area contributed by atoms with Gasteiger partial charge in [0.25, 0.3) is 5.69 Å². The molecule has 1 atom stereocenters. The van der Waals surface area contributed by atoms with Crippen LogP contribution in [0.15, 0.2) is 42.5 Å². The predicted molar refractivity (Wildman–Crippen MR) is 87.4 cm³/mol. The summed E-state index contributed by atoms with van der Waals surface area (Å²) in [5.41, 5.74) is 2.16. The Balaban J connectivity index is 2.31. The molecule has 2 aromatic carbocycles. The molecule has 5 nitrogen and oxygen atoms in total. The molecule has 0 aliphatic rings. The highest BCUT2D eigenvalue weighted by Gasteiger charge is 2.17. The van der Waals surface area contributed by atoms with Gasteiger partial charge in [-0.3, -0.25) is 10.1 Å². The molecule has 0 radical (unpaired) electrons. The lowest BCUT2D eigenvalue weighted by atomic mass is 10.0. The van der Waals surface area contributed by atoms with E-state index in [9.17, 15) is 15.2 Å². The van der Waals surface area contributed by atoms with Crippen molar-refractivity contribution in [3.63, 3.8) is 0 Å². The molecule has 0 amide bonds. The Hall–Kier alpha value is -2.11. The Morgan fingerprint density at radius 2 is 2.00 bits per heavy atom. The fraction of sp³-hybridized carbons (Fsp3) is 0.250. The standard InChI is InChI=1S/C16H17ClN2O3/c1-11-9-15(13(17)10-16(11)19(21)22)18-14(7-8-20)12-5-3-2-4-6-12/h2-6,9-10,14,18,20H,7-8H2,1H3/t14-/m0/s1. The van der Waals surface area contributed by atoms with Crippen molar-refractivity contribution in [3.05, 3.63) is 68.7 Å². The van der Waals surface area contributed by atoms with Gasteiger partial charge in [-0.05, 0) is 25.0 Å².